The lowest BCUT2D eigenvalue weighted by atomic mass is 9.93. The van der Waals surface area contributed by atoms with Gasteiger partial charge < -0.3 is 33.7 Å². The largest absolute Gasteiger partial charge is 0.497 e. The highest BCUT2D eigenvalue weighted by atomic mass is 16.7. The van der Waals surface area contributed by atoms with Crippen molar-refractivity contribution in [3.63, 3.8) is 0 Å². The van der Waals surface area contributed by atoms with Gasteiger partial charge in [-0.05, 0) is 24.3 Å². The predicted octanol–water partition coefficient (Wildman–Crippen LogP) is 1.79. The van der Waals surface area contributed by atoms with E-state index in [-0.39, 0.29) is 6.61 Å². The molecular formula is C24H31NO10. The van der Waals surface area contributed by atoms with Gasteiger partial charge in [-0.25, -0.2) is 0 Å². The summed E-state index contributed by atoms with van der Waals surface area (Å²) >= 11 is 0. The number of ether oxygens (including phenoxy) is 6. The summed E-state index contributed by atoms with van der Waals surface area (Å²) in [6, 6.07) is 7.32. The first-order chi connectivity index (χ1) is 16.6. The molecule has 0 saturated carbocycles. The highest BCUT2D eigenvalue weighted by Crippen LogP contribution is 2.30. The molecule has 35 heavy (non-hydrogen) atoms. The minimum Gasteiger partial charge on any atom is -0.497 e. The number of esters is 4. The van der Waals surface area contributed by atoms with E-state index < -0.39 is 54.4 Å². The molecule has 11 nitrogen and oxygen atoms in total. The minimum absolute atomic E-state index is 0.272. The Balaban J connectivity index is 2.27. The molecule has 0 aliphatic carbocycles. The number of hydrogen-bond donors (Lipinski definition) is 1. The Morgan fingerprint density at radius 3 is 1.97 bits per heavy atom. The third kappa shape index (κ3) is 8.93. The Morgan fingerprint density at radius 2 is 1.43 bits per heavy atom. The summed E-state index contributed by atoms with van der Waals surface area (Å²) in [5, 5.41) is 3.19. The Labute approximate surface area is 203 Å². The monoisotopic (exact) mass is 493 g/mol. The molecule has 5 atom stereocenters. The SMILES string of the molecule is COc1ccc(NC/C=C/[C@@H]2O[C@H](COC(C)=O)[C@H](OC(C)=O)[C@H](OC(C)=O)[C@H]2OC(C)=O)cc1. The molecule has 1 aromatic carbocycles. The van der Waals surface area contributed by atoms with Gasteiger partial charge >= 0.3 is 23.9 Å². The van der Waals surface area contributed by atoms with Gasteiger partial charge in [-0.15, -0.1) is 0 Å². The van der Waals surface area contributed by atoms with Gasteiger partial charge in [-0.3, -0.25) is 19.2 Å². The van der Waals surface area contributed by atoms with Crippen molar-refractivity contribution in [3.05, 3.63) is 36.4 Å². The maximum absolute atomic E-state index is 11.9. The van der Waals surface area contributed by atoms with Crippen LogP contribution in [0, 0.1) is 0 Å². The molecule has 0 spiro atoms. The Bertz CT molecular complexity index is 913. The van der Waals surface area contributed by atoms with Crippen LogP contribution in [0.25, 0.3) is 0 Å². The zero-order valence-electron chi connectivity index (χ0n) is 20.3. The molecule has 1 aromatic rings. The van der Waals surface area contributed by atoms with Gasteiger partial charge in [-0.1, -0.05) is 12.2 Å². The van der Waals surface area contributed by atoms with Crippen LogP contribution < -0.4 is 10.1 Å². The number of rotatable bonds is 10. The molecule has 1 saturated heterocycles. The second-order valence-electron chi connectivity index (χ2n) is 7.70. The van der Waals surface area contributed by atoms with E-state index in [1.165, 1.54) is 27.7 Å². The second-order valence-corrected chi connectivity index (χ2v) is 7.70. The zero-order chi connectivity index (χ0) is 26.0. The molecule has 0 bridgehead atoms. The number of carbonyl (C=O) groups is 4. The number of methoxy groups -OCH3 is 1. The van der Waals surface area contributed by atoms with Crippen molar-refractivity contribution in [2.24, 2.45) is 0 Å². The summed E-state index contributed by atoms with van der Waals surface area (Å²) in [4.78, 5) is 46.8. The van der Waals surface area contributed by atoms with E-state index >= 15 is 0 Å². The van der Waals surface area contributed by atoms with Gasteiger partial charge in [0.15, 0.2) is 18.3 Å². The maximum atomic E-state index is 11.9. The van der Waals surface area contributed by atoms with Crippen molar-refractivity contribution in [1.82, 2.24) is 0 Å². The average Bonchev–Trinajstić information content (AvgIpc) is 2.78. The van der Waals surface area contributed by atoms with Gasteiger partial charge in [-0.2, -0.15) is 0 Å². The van der Waals surface area contributed by atoms with Crippen molar-refractivity contribution < 1.29 is 47.6 Å². The van der Waals surface area contributed by atoms with Crippen LogP contribution in [-0.4, -0.2) is 74.7 Å². The topological polar surface area (TPSA) is 136 Å². The summed E-state index contributed by atoms with van der Waals surface area (Å²) < 4.78 is 32.4. The van der Waals surface area contributed by atoms with Gasteiger partial charge in [0.2, 0.25) is 0 Å². The van der Waals surface area contributed by atoms with Crippen LogP contribution in [0.4, 0.5) is 5.69 Å². The standard InChI is InChI=1S/C24H31NO10/c1-14(26)31-13-21-23(33-16(3)28)24(34-17(4)29)22(32-15(2)27)20(35-21)7-6-12-25-18-8-10-19(30-5)11-9-18/h6-11,20-25H,12-13H2,1-5H3/b7-6+/t20-,21+,22-,23-,24+/m0/s1. The lowest BCUT2D eigenvalue weighted by Gasteiger charge is -2.43. The molecule has 1 aliphatic heterocycles. The summed E-state index contributed by atoms with van der Waals surface area (Å²) in [7, 11) is 1.58. The first-order valence-electron chi connectivity index (χ1n) is 11.0. The highest BCUT2D eigenvalue weighted by Gasteiger charge is 2.51. The molecule has 0 unspecified atom stereocenters. The highest BCUT2D eigenvalue weighted by molar-refractivity contribution is 5.68. The fraction of sp³-hybridized carbons (Fsp3) is 0.500. The predicted molar refractivity (Wildman–Crippen MR) is 123 cm³/mol. The van der Waals surface area contributed by atoms with Crippen LogP contribution in [0.15, 0.2) is 36.4 Å². The summed E-state index contributed by atoms with van der Waals surface area (Å²) in [6.45, 7) is 4.88. The minimum atomic E-state index is -1.20. The second kappa shape index (κ2) is 13.3. The molecule has 11 heteroatoms. The van der Waals surface area contributed by atoms with Gasteiger partial charge in [0.1, 0.15) is 24.6 Å². The molecule has 0 radical (unpaired) electrons. The molecule has 1 aliphatic rings. The lowest BCUT2D eigenvalue weighted by Crippen LogP contribution is -2.61. The normalized spacial score (nSPS) is 23.7. The van der Waals surface area contributed by atoms with Gasteiger partial charge in [0, 0.05) is 39.9 Å². The Kier molecular flexibility index (Phi) is 10.5. The van der Waals surface area contributed by atoms with Crippen LogP contribution in [0.1, 0.15) is 27.7 Å². The number of hydrogen-bond acceptors (Lipinski definition) is 11. The van der Waals surface area contributed by atoms with Gasteiger partial charge in [0.25, 0.3) is 0 Å². The number of anilines is 1. The van der Waals surface area contributed by atoms with Crippen LogP contribution >= 0.6 is 0 Å². The summed E-state index contributed by atoms with van der Waals surface area (Å²) in [5.41, 5.74) is 0.844. The molecule has 1 heterocycles. The smallest absolute Gasteiger partial charge is 0.303 e. The van der Waals surface area contributed by atoms with E-state index in [0.29, 0.717) is 6.54 Å². The van der Waals surface area contributed by atoms with E-state index in [4.69, 9.17) is 28.4 Å². The van der Waals surface area contributed by atoms with E-state index in [0.717, 1.165) is 11.4 Å². The quantitative estimate of drug-likeness (QED) is 0.290. The number of benzene rings is 1. The molecule has 1 N–H and O–H groups in total. The third-order valence-electron chi connectivity index (χ3n) is 4.87. The Hall–Kier alpha value is -3.60. The van der Waals surface area contributed by atoms with Crippen molar-refractivity contribution >= 4 is 29.6 Å². The maximum Gasteiger partial charge on any atom is 0.303 e. The fourth-order valence-corrected chi connectivity index (χ4v) is 3.50. The van der Waals surface area contributed by atoms with Gasteiger partial charge in [0.05, 0.1) is 7.11 Å². The average molecular weight is 494 g/mol. The fourth-order valence-electron chi connectivity index (χ4n) is 3.50. The first kappa shape index (κ1) is 27.6. The molecule has 2 rings (SSSR count). The first-order valence-corrected chi connectivity index (χ1v) is 11.0. The van der Waals surface area contributed by atoms with Crippen molar-refractivity contribution in [1.29, 1.82) is 0 Å². The molecule has 1 fully saturated rings. The molecule has 192 valence electrons. The Morgan fingerprint density at radius 1 is 0.857 bits per heavy atom. The van der Waals surface area contributed by atoms with E-state index in [9.17, 15) is 19.2 Å². The lowest BCUT2D eigenvalue weighted by molar-refractivity contribution is -0.244. The van der Waals surface area contributed by atoms with Crippen molar-refractivity contribution in [3.8, 4) is 5.75 Å². The number of carbonyl (C=O) groups excluding carboxylic acids is 4. The van der Waals surface area contributed by atoms with E-state index in [1.54, 1.807) is 19.3 Å². The van der Waals surface area contributed by atoms with Crippen LogP contribution in [0.2, 0.25) is 0 Å². The van der Waals surface area contributed by atoms with Crippen LogP contribution in [0.5, 0.6) is 5.75 Å². The zero-order valence-corrected chi connectivity index (χ0v) is 20.3. The third-order valence-corrected chi connectivity index (χ3v) is 4.87. The molecular weight excluding hydrogens is 462 g/mol. The van der Waals surface area contributed by atoms with Crippen molar-refractivity contribution in [2.75, 3.05) is 25.6 Å². The summed E-state index contributed by atoms with van der Waals surface area (Å²) in [6.07, 6.45) is -2.00. The van der Waals surface area contributed by atoms with Crippen LogP contribution in [-0.2, 0) is 42.9 Å². The van der Waals surface area contributed by atoms with Crippen molar-refractivity contribution in [2.45, 2.75) is 58.2 Å². The number of nitrogens with one attached hydrogen (secondary N) is 1. The van der Waals surface area contributed by atoms with Crippen LogP contribution in [0.3, 0.4) is 0 Å². The molecule has 0 aromatic heterocycles. The summed E-state index contributed by atoms with van der Waals surface area (Å²) in [5.74, 6) is -1.85. The van der Waals surface area contributed by atoms with E-state index in [1.807, 2.05) is 24.3 Å². The molecule has 0 amide bonds. The van der Waals surface area contributed by atoms with E-state index in [2.05, 4.69) is 5.32 Å².